The number of aliphatic imine (C=N–C) groups is 1. The van der Waals surface area contributed by atoms with Crippen molar-refractivity contribution in [3.8, 4) is 0 Å². The van der Waals surface area contributed by atoms with Crippen molar-refractivity contribution in [1.82, 2.24) is 10.6 Å². The lowest BCUT2D eigenvalue weighted by atomic mass is 10.6. The van der Waals surface area contributed by atoms with E-state index in [0.29, 0.717) is 19.0 Å². The lowest BCUT2D eigenvalue weighted by molar-refractivity contribution is 0.596. The van der Waals surface area contributed by atoms with Crippen molar-refractivity contribution in [2.75, 3.05) is 31.6 Å². The normalized spacial score (nSPS) is 11.5. The van der Waals surface area contributed by atoms with Crippen LogP contribution in [0.1, 0.15) is 6.92 Å². The molecule has 0 fully saturated rings. The molecule has 0 aromatic heterocycles. The van der Waals surface area contributed by atoms with Gasteiger partial charge in [0.05, 0.1) is 5.75 Å². The van der Waals surface area contributed by atoms with Gasteiger partial charge in [-0.3, -0.25) is 4.99 Å². The second-order valence-corrected chi connectivity index (χ2v) is 5.38. The molecule has 0 saturated carbocycles. The summed E-state index contributed by atoms with van der Waals surface area (Å²) in [5.74, 6) is 0.882. The van der Waals surface area contributed by atoms with Crippen molar-refractivity contribution in [1.29, 1.82) is 0 Å². The van der Waals surface area contributed by atoms with Crippen LogP contribution in [0.2, 0.25) is 0 Å². The van der Waals surface area contributed by atoms with E-state index in [0.717, 1.165) is 0 Å². The van der Waals surface area contributed by atoms with E-state index < -0.39 is 9.84 Å². The van der Waals surface area contributed by atoms with E-state index in [-0.39, 0.29) is 35.5 Å². The molecular weight excluding hydrogens is 341 g/mol. The first kappa shape index (κ1) is 18.1. The zero-order valence-electron chi connectivity index (χ0n) is 9.69. The second-order valence-electron chi connectivity index (χ2n) is 2.90. The van der Waals surface area contributed by atoms with Crippen LogP contribution in [-0.4, -0.2) is 46.0 Å². The molecule has 0 amide bonds. The van der Waals surface area contributed by atoms with Gasteiger partial charge in [-0.15, -0.1) is 30.6 Å². The molecule has 2 N–H and O–H groups in total. The number of rotatable bonds is 6. The van der Waals surface area contributed by atoms with Gasteiger partial charge in [0.2, 0.25) is 0 Å². The summed E-state index contributed by atoms with van der Waals surface area (Å²) in [7, 11) is -1.28. The zero-order chi connectivity index (χ0) is 11.7. The van der Waals surface area contributed by atoms with Crippen LogP contribution in [0, 0.1) is 0 Å². The van der Waals surface area contributed by atoms with E-state index in [1.807, 2.05) is 0 Å². The fraction of sp³-hybridized carbons (Fsp3) is 0.667. The summed E-state index contributed by atoms with van der Waals surface area (Å²) in [4.78, 5) is 3.92. The summed E-state index contributed by atoms with van der Waals surface area (Å²) in [6.07, 6.45) is 1.70. The third-order valence-corrected chi connectivity index (χ3v) is 3.49. The van der Waals surface area contributed by atoms with Crippen molar-refractivity contribution in [2.24, 2.45) is 4.99 Å². The zero-order valence-corrected chi connectivity index (χ0v) is 12.8. The van der Waals surface area contributed by atoms with Crippen LogP contribution >= 0.6 is 24.0 Å². The molecule has 0 aromatic rings. The average Bonchev–Trinajstić information content (AvgIpc) is 2.23. The maximum atomic E-state index is 11.2. The van der Waals surface area contributed by atoms with Gasteiger partial charge in [-0.25, -0.2) is 8.42 Å². The maximum absolute atomic E-state index is 11.2. The molecule has 5 nitrogen and oxygen atoms in total. The van der Waals surface area contributed by atoms with Crippen LogP contribution in [0.25, 0.3) is 0 Å². The first-order valence-electron chi connectivity index (χ1n) is 4.81. The van der Waals surface area contributed by atoms with E-state index in [2.05, 4.69) is 22.2 Å². The van der Waals surface area contributed by atoms with Crippen LogP contribution in [0.5, 0.6) is 0 Å². The van der Waals surface area contributed by atoms with Gasteiger partial charge in [0, 0.05) is 25.9 Å². The fourth-order valence-corrected chi connectivity index (χ4v) is 1.56. The number of hydrogen-bond donors (Lipinski definition) is 2. The molecule has 7 heteroatoms. The number of nitrogens with zero attached hydrogens (tertiary/aromatic N) is 1. The molecule has 0 aliphatic heterocycles. The largest absolute Gasteiger partial charge is 0.355 e. The Morgan fingerprint density at radius 3 is 2.50 bits per heavy atom. The third kappa shape index (κ3) is 8.96. The van der Waals surface area contributed by atoms with Gasteiger partial charge in [0.1, 0.15) is 0 Å². The average molecular weight is 361 g/mol. The topological polar surface area (TPSA) is 70.6 Å². The minimum absolute atomic E-state index is 0. The van der Waals surface area contributed by atoms with Gasteiger partial charge in [-0.05, 0) is 0 Å². The van der Waals surface area contributed by atoms with Gasteiger partial charge >= 0.3 is 0 Å². The Labute approximate surface area is 115 Å². The number of nitrogens with one attached hydrogen (secondary N) is 2. The van der Waals surface area contributed by atoms with Gasteiger partial charge < -0.3 is 10.6 Å². The maximum Gasteiger partial charge on any atom is 0.191 e. The number of halogens is 1. The van der Waals surface area contributed by atoms with Gasteiger partial charge in [0.15, 0.2) is 15.8 Å². The molecule has 0 atom stereocenters. The minimum atomic E-state index is -2.91. The molecule has 0 aromatic carbocycles. The predicted octanol–water partition coefficient (Wildman–Crippen LogP) is 0.390. The Kier molecular flexibility index (Phi) is 11.2. The Morgan fingerprint density at radius 1 is 1.44 bits per heavy atom. The number of sulfone groups is 1. The highest BCUT2D eigenvalue weighted by Gasteiger charge is 2.06. The second kappa shape index (κ2) is 9.88. The highest BCUT2D eigenvalue weighted by Crippen LogP contribution is 1.86. The van der Waals surface area contributed by atoms with Crippen LogP contribution in [0.3, 0.4) is 0 Å². The molecule has 0 unspecified atom stereocenters. The number of hydrogen-bond acceptors (Lipinski definition) is 3. The van der Waals surface area contributed by atoms with E-state index in [9.17, 15) is 8.42 Å². The SMILES string of the molecule is C=CCNC(=NC)NCCS(=O)(=O)CC.I. The first-order valence-corrected chi connectivity index (χ1v) is 6.63. The molecule has 0 saturated heterocycles. The van der Waals surface area contributed by atoms with Crippen LogP contribution in [0.15, 0.2) is 17.6 Å². The van der Waals surface area contributed by atoms with Crippen molar-refractivity contribution in [3.63, 3.8) is 0 Å². The summed E-state index contributed by atoms with van der Waals surface area (Å²) in [5.41, 5.74) is 0. The Morgan fingerprint density at radius 2 is 2.06 bits per heavy atom. The molecule has 0 aliphatic rings. The molecule has 0 spiro atoms. The van der Waals surface area contributed by atoms with Crippen molar-refractivity contribution < 1.29 is 8.42 Å². The molecule has 0 aliphatic carbocycles. The summed E-state index contributed by atoms with van der Waals surface area (Å²) < 4.78 is 22.3. The van der Waals surface area contributed by atoms with E-state index >= 15 is 0 Å². The predicted molar refractivity (Wildman–Crippen MR) is 79.3 cm³/mol. The molecular formula is C9H20IN3O2S. The highest BCUT2D eigenvalue weighted by atomic mass is 127. The van der Waals surface area contributed by atoms with Crippen molar-refractivity contribution in [2.45, 2.75) is 6.92 Å². The standard InChI is InChI=1S/C9H19N3O2S.HI/c1-4-6-11-9(10-3)12-7-8-15(13,14)5-2;/h4H,1,5-8H2,2-3H3,(H2,10,11,12);1H. The van der Waals surface area contributed by atoms with Gasteiger partial charge in [-0.1, -0.05) is 13.0 Å². The minimum Gasteiger partial charge on any atom is -0.355 e. The molecule has 96 valence electrons. The lowest BCUT2D eigenvalue weighted by Gasteiger charge is -2.09. The highest BCUT2D eigenvalue weighted by molar-refractivity contribution is 14.0. The molecule has 0 rings (SSSR count). The van der Waals surface area contributed by atoms with Crippen LogP contribution in [0.4, 0.5) is 0 Å². The van der Waals surface area contributed by atoms with Crippen LogP contribution in [-0.2, 0) is 9.84 Å². The Bertz CT molecular complexity index is 315. The molecule has 0 radical (unpaired) electrons. The fourth-order valence-electron chi connectivity index (χ4n) is 0.859. The molecule has 0 bridgehead atoms. The third-order valence-electron chi connectivity index (χ3n) is 1.78. The first-order chi connectivity index (χ1) is 7.05. The lowest BCUT2D eigenvalue weighted by Crippen LogP contribution is -2.39. The van der Waals surface area contributed by atoms with Gasteiger partial charge in [-0.2, -0.15) is 0 Å². The molecule has 0 heterocycles. The molecule has 16 heavy (non-hydrogen) atoms. The summed E-state index contributed by atoms with van der Waals surface area (Å²) >= 11 is 0. The summed E-state index contributed by atoms with van der Waals surface area (Å²) in [5, 5.41) is 5.86. The van der Waals surface area contributed by atoms with Crippen molar-refractivity contribution in [3.05, 3.63) is 12.7 Å². The summed E-state index contributed by atoms with van der Waals surface area (Å²) in [6, 6.07) is 0. The van der Waals surface area contributed by atoms with E-state index in [4.69, 9.17) is 0 Å². The Balaban J connectivity index is 0. The van der Waals surface area contributed by atoms with Crippen molar-refractivity contribution >= 4 is 39.8 Å². The number of guanidine groups is 1. The van der Waals surface area contributed by atoms with E-state index in [1.54, 1.807) is 20.0 Å². The monoisotopic (exact) mass is 361 g/mol. The van der Waals surface area contributed by atoms with E-state index in [1.165, 1.54) is 0 Å². The Hall–Kier alpha value is -0.310. The van der Waals surface area contributed by atoms with Crippen LogP contribution < -0.4 is 10.6 Å². The van der Waals surface area contributed by atoms with Gasteiger partial charge in [0.25, 0.3) is 0 Å². The summed E-state index contributed by atoms with van der Waals surface area (Å²) in [6.45, 7) is 6.16. The smallest absolute Gasteiger partial charge is 0.191 e. The quantitative estimate of drug-likeness (QED) is 0.311.